The fourth-order valence-corrected chi connectivity index (χ4v) is 0.271. The van der Waals surface area contributed by atoms with Crippen molar-refractivity contribution in [1.82, 2.24) is 0 Å². The zero-order chi connectivity index (χ0) is 5.70. The van der Waals surface area contributed by atoms with Crippen molar-refractivity contribution < 1.29 is 9.47 Å². The van der Waals surface area contributed by atoms with Gasteiger partial charge in [-0.05, 0) is 17.9 Å². The second kappa shape index (κ2) is 3.81. The molecule has 1 nitrogen and oxygen atoms in total. The van der Waals surface area contributed by atoms with Gasteiger partial charge in [0, 0.05) is 0 Å². The Bertz CT molecular complexity index is 54.0. The van der Waals surface area contributed by atoms with E-state index in [0.717, 1.165) is 0 Å². The third-order valence-corrected chi connectivity index (χ3v) is 0.651. The first-order valence-electron chi connectivity index (χ1n) is 2.19. The van der Waals surface area contributed by atoms with Gasteiger partial charge >= 0.3 is 0 Å². The molecule has 0 aromatic heterocycles. The summed E-state index contributed by atoms with van der Waals surface area (Å²) < 4.78 is 11.0. The van der Waals surface area contributed by atoms with Gasteiger partial charge < -0.3 is 0 Å². The Morgan fingerprint density at radius 1 is 2.00 bits per heavy atom. The molecule has 0 rings (SSSR count). The molecule has 0 aliphatic heterocycles. The minimum absolute atomic E-state index is 0.336. The van der Waals surface area contributed by atoms with E-state index in [1.54, 1.807) is 13.0 Å². The van der Waals surface area contributed by atoms with Crippen molar-refractivity contribution in [3.63, 3.8) is 0 Å². The molecule has 0 heterocycles. The van der Waals surface area contributed by atoms with Crippen molar-refractivity contribution in [1.29, 1.82) is 0 Å². The molecular formula is C5H9FO. The van der Waals surface area contributed by atoms with Crippen LogP contribution in [0, 0.1) is 0 Å². The van der Waals surface area contributed by atoms with Gasteiger partial charge in [0.2, 0.25) is 0 Å². The van der Waals surface area contributed by atoms with Crippen molar-refractivity contribution >= 4 is 0 Å². The van der Waals surface area contributed by atoms with Crippen LogP contribution in [-0.4, -0.2) is 6.10 Å². The molecule has 1 unspecified atom stereocenters. The number of hydrogen-bond donors (Lipinski definition) is 0. The summed E-state index contributed by atoms with van der Waals surface area (Å²) >= 11 is 0. The predicted octanol–water partition coefficient (Wildman–Crippen LogP) is 1.85. The van der Waals surface area contributed by atoms with Crippen LogP contribution in [0.2, 0.25) is 0 Å². The summed E-state index contributed by atoms with van der Waals surface area (Å²) in [5, 5.41) is 0. The Morgan fingerprint density at radius 2 is 2.57 bits per heavy atom. The van der Waals surface area contributed by atoms with E-state index in [2.05, 4.69) is 11.5 Å². The Labute approximate surface area is 42.7 Å². The zero-order valence-corrected chi connectivity index (χ0v) is 4.36. The second-order valence-electron chi connectivity index (χ2n) is 1.42. The molecule has 0 N–H and O–H groups in total. The summed E-state index contributed by atoms with van der Waals surface area (Å²) in [7, 11) is 0. The second-order valence-corrected chi connectivity index (χ2v) is 1.42. The summed E-state index contributed by atoms with van der Waals surface area (Å²) in [4.78, 5) is 3.42. The molecule has 0 aliphatic carbocycles. The highest BCUT2D eigenvalue weighted by molar-refractivity contribution is 4.69. The van der Waals surface area contributed by atoms with Gasteiger partial charge in [-0.3, -0.25) is 0 Å². The van der Waals surface area contributed by atoms with E-state index in [0.29, 0.717) is 6.42 Å². The molecule has 0 aromatic carbocycles. The van der Waals surface area contributed by atoms with Crippen LogP contribution in [0.4, 0.5) is 4.53 Å². The molecule has 2 heteroatoms. The predicted molar refractivity (Wildman–Crippen MR) is 26.5 cm³/mol. The van der Waals surface area contributed by atoms with E-state index in [-0.39, 0.29) is 6.10 Å². The van der Waals surface area contributed by atoms with E-state index in [1.165, 1.54) is 0 Å². The van der Waals surface area contributed by atoms with Gasteiger partial charge in [-0.1, -0.05) is 6.08 Å². The van der Waals surface area contributed by atoms with Crippen molar-refractivity contribution in [2.45, 2.75) is 19.4 Å². The molecule has 0 aromatic rings. The molecule has 7 heavy (non-hydrogen) atoms. The zero-order valence-electron chi connectivity index (χ0n) is 4.36. The van der Waals surface area contributed by atoms with Gasteiger partial charge in [-0.25, -0.2) is 0 Å². The van der Waals surface area contributed by atoms with Crippen LogP contribution in [-0.2, 0) is 4.94 Å². The summed E-state index contributed by atoms with van der Waals surface area (Å²) in [5.41, 5.74) is 0. The standard InChI is InChI=1S/C5H9FO/c1-3-4-5(2)7-6/h3,5H,1,4H2,2H3. The third kappa shape index (κ3) is 3.46. The molecule has 0 radical (unpaired) electrons. The maximum absolute atomic E-state index is 11.0. The molecule has 0 saturated carbocycles. The van der Waals surface area contributed by atoms with E-state index >= 15 is 0 Å². The fraction of sp³-hybridized carbons (Fsp3) is 0.600. The van der Waals surface area contributed by atoms with Crippen molar-refractivity contribution in [3.05, 3.63) is 12.7 Å². The Balaban J connectivity index is 2.98. The smallest absolute Gasteiger partial charge is 0.0989 e. The molecule has 0 aliphatic rings. The fourth-order valence-electron chi connectivity index (χ4n) is 0.271. The first-order valence-corrected chi connectivity index (χ1v) is 2.19. The van der Waals surface area contributed by atoms with Gasteiger partial charge in [0.1, 0.15) is 0 Å². The monoisotopic (exact) mass is 104 g/mol. The quantitative estimate of drug-likeness (QED) is 0.496. The maximum atomic E-state index is 11.0. The summed E-state index contributed by atoms with van der Waals surface area (Å²) in [5.74, 6) is 0. The van der Waals surface area contributed by atoms with Crippen LogP contribution in [0.15, 0.2) is 12.7 Å². The third-order valence-electron chi connectivity index (χ3n) is 0.651. The summed E-state index contributed by atoms with van der Waals surface area (Å²) in [6.07, 6.45) is 1.85. The van der Waals surface area contributed by atoms with Gasteiger partial charge in [0.25, 0.3) is 0 Å². The van der Waals surface area contributed by atoms with Crippen molar-refractivity contribution in [2.75, 3.05) is 0 Å². The molecular weight excluding hydrogens is 95.1 g/mol. The molecule has 1 atom stereocenters. The largest absolute Gasteiger partial charge is 0.191 e. The number of halogens is 1. The van der Waals surface area contributed by atoms with E-state index < -0.39 is 0 Å². The lowest BCUT2D eigenvalue weighted by atomic mass is 10.3. The topological polar surface area (TPSA) is 9.23 Å². The van der Waals surface area contributed by atoms with Crippen LogP contribution in [0.25, 0.3) is 0 Å². The van der Waals surface area contributed by atoms with Gasteiger partial charge in [-0.15, -0.1) is 6.58 Å². The lowest BCUT2D eigenvalue weighted by Crippen LogP contribution is -1.97. The van der Waals surface area contributed by atoms with Crippen LogP contribution in [0.3, 0.4) is 0 Å². The van der Waals surface area contributed by atoms with E-state index in [1.807, 2.05) is 0 Å². The van der Waals surface area contributed by atoms with Gasteiger partial charge in [0.05, 0.1) is 6.10 Å². The van der Waals surface area contributed by atoms with Crippen LogP contribution in [0.5, 0.6) is 0 Å². The summed E-state index contributed by atoms with van der Waals surface area (Å²) in [6.45, 7) is 5.04. The van der Waals surface area contributed by atoms with Crippen molar-refractivity contribution in [2.24, 2.45) is 0 Å². The SMILES string of the molecule is C=CCC(C)OF. The minimum Gasteiger partial charge on any atom is -0.191 e. The normalized spacial score (nSPS) is 13.4. The molecule has 0 fully saturated rings. The molecule has 0 spiro atoms. The highest BCUT2D eigenvalue weighted by atomic mass is 19.3. The van der Waals surface area contributed by atoms with Crippen LogP contribution in [0.1, 0.15) is 13.3 Å². The van der Waals surface area contributed by atoms with Crippen LogP contribution < -0.4 is 0 Å². The summed E-state index contributed by atoms with van der Waals surface area (Å²) in [6, 6.07) is 0. The lowest BCUT2D eigenvalue weighted by Gasteiger charge is -1.96. The number of hydrogen-bond acceptors (Lipinski definition) is 1. The lowest BCUT2D eigenvalue weighted by molar-refractivity contribution is -0.170. The molecule has 42 valence electrons. The maximum Gasteiger partial charge on any atom is 0.0989 e. The van der Waals surface area contributed by atoms with Crippen LogP contribution >= 0.6 is 0 Å². The first kappa shape index (κ1) is 6.63. The Hall–Kier alpha value is -0.370. The highest BCUT2D eigenvalue weighted by Gasteiger charge is 1.94. The van der Waals surface area contributed by atoms with Gasteiger partial charge in [0.15, 0.2) is 0 Å². The number of rotatable bonds is 3. The minimum atomic E-state index is -0.336. The van der Waals surface area contributed by atoms with Crippen molar-refractivity contribution in [3.8, 4) is 0 Å². The average Bonchev–Trinajstić information content (AvgIpc) is 1.68. The molecule has 0 saturated heterocycles. The average molecular weight is 104 g/mol. The molecule has 0 bridgehead atoms. The Kier molecular flexibility index (Phi) is 3.61. The van der Waals surface area contributed by atoms with E-state index in [9.17, 15) is 4.53 Å². The first-order chi connectivity index (χ1) is 3.31. The molecule has 0 amide bonds. The highest BCUT2D eigenvalue weighted by Crippen LogP contribution is 1.95. The van der Waals surface area contributed by atoms with E-state index in [4.69, 9.17) is 0 Å². The Morgan fingerprint density at radius 3 is 2.71 bits per heavy atom. The van der Waals surface area contributed by atoms with Gasteiger partial charge in [-0.2, -0.15) is 4.94 Å².